The molecule has 13 heteroatoms. The van der Waals surface area contributed by atoms with Gasteiger partial charge in [0, 0.05) is 19.6 Å². The third kappa shape index (κ3) is 6.50. The van der Waals surface area contributed by atoms with E-state index in [0.29, 0.717) is 22.6 Å². The van der Waals surface area contributed by atoms with Crippen molar-refractivity contribution in [3.63, 3.8) is 0 Å². The summed E-state index contributed by atoms with van der Waals surface area (Å²) in [5.41, 5.74) is -0.0387. The van der Waals surface area contributed by atoms with Gasteiger partial charge in [-0.25, -0.2) is 18.8 Å². The number of rotatable bonds is 8. The zero-order chi connectivity index (χ0) is 31.3. The Morgan fingerprint density at radius 2 is 2.05 bits per heavy atom. The molecule has 2 amide bonds. The van der Waals surface area contributed by atoms with E-state index >= 15 is 4.39 Å². The van der Waals surface area contributed by atoms with Crippen molar-refractivity contribution in [2.75, 3.05) is 31.2 Å². The molecule has 2 aromatic carbocycles. The number of pyridine rings is 1. The molecule has 0 bridgehead atoms. The average molecular weight is 607 g/mol. The van der Waals surface area contributed by atoms with E-state index in [-0.39, 0.29) is 49.2 Å². The Labute approximate surface area is 250 Å². The van der Waals surface area contributed by atoms with Crippen molar-refractivity contribution in [1.29, 1.82) is 5.26 Å². The number of aliphatic imine (C=N–C) groups is 1. The summed E-state index contributed by atoms with van der Waals surface area (Å²) in [5, 5.41) is 22.2. The fourth-order valence-corrected chi connectivity index (χ4v) is 5.65. The van der Waals surface area contributed by atoms with E-state index in [4.69, 9.17) is 4.99 Å². The lowest BCUT2D eigenvalue weighted by Gasteiger charge is -2.41. The predicted molar refractivity (Wildman–Crippen MR) is 158 cm³/mol. The summed E-state index contributed by atoms with van der Waals surface area (Å²) in [5.74, 6) is -2.94. The number of aryl methyl sites for hydroxylation is 1. The minimum atomic E-state index is -1.46. The number of para-hydroxylation sites is 1. The number of amidine groups is 1. The van der Waals surface area contributed by atoms with Crippen LogP contribution in [-0.4, -0.2) is 74.5 Å². The largest absolute Gasteiger partial charge is 0.612 e. The molecular formula is C30H28F2N6O4S. The predicted octanol–water partition coefficient (Wildman–Crippen LogP) is 4.04. The number of anilines is 1. The summed E-state index contributed by atoms with van der Waals surface area (Å²) < 4.78 is 43.1. The number of hydrogen-bond acceptors (Lipinski definition) is 7. The summed E-state index contributed by atoms with van der Waals surface area (Å²) in [4.78, 5) is 36.9. The molecule has 1 saturated heterocycles. The topological polar surface area (TPSA) is 145 Å². The lowest BCUT2D eigenvalue weighted by Crippen LogP contribution is -2.56. The molecule has 4 rings (SSSR count). The SMILES string of the molecule is C=CC(=O)N1CCN(/C(=N/c2c(C)cccc2[S+](C)[O-])c2cc(F)c(-c3c(O)cccc3F)nc2NC=O)CC1CC#N. The summed E-state index contributed by atoms with van der Waals surface area (Å²) in [6.45, 7) is 5.76. The van der Waals surface area contributed by atoms with Gasteiger partial charge in [-0.1, -0.05) is 24.8 Å². The van der Waals surface area contributed by atoms with Crippen LogP contribution in [0, 0.1) is 29.9 Å². The molecule has 0 saturated carbocycles. The van der Waals surface area contributed by atoms with Crippen molar-refractivity contribution >= 4 is 40.8 Å². The van der Waals surface area contributed by atoms with Gasteiger partial charge in [0.05, 0.1) is 29.7 Å². The van der Waals surface area contributed by atoms with E-state index in [9.17, 15) is 28.9 Å². The van der Waals surface area contributed by atoms with Gasteiger partial charge in [0.2, 0.25) is 12.3 Å². The highest BCUT2D eigenvalue weighted by molar-refractivity contribution is 7.90. The monoisotopic (exact) mass is 606 g/mol. The first kappa shape index (κ1) is 31.1. The Balaban J connectivity index is 1.97. The zero-order valence-electron chi connectivity index (χ0n) is 23.4. The van der Waals surface area contributed by atoms with Gasteiger partial charge in [-0.15, -0.1) is 0 Å². The van der Waals surface area contributed by atoms with Crippen LogP contribution in [0.15, 0.2) is 65.0 Å². The number of hydrogen-bond donors (Lipinski definition) is 2. The minimum Gasteiger partial charge on any atom is -0.612 e. The smallest absolute Gasteiger partial charge is 0.246 e. The molecule has 0 radical (unpaired) electrons. The quantitative estimate of drug-likeness (QED) is 0.129. The van der Waals surface area contributed by atoms with E-state index in [1.807, 2.05) is 0 Å². The second-order valence-corrected chi connectivity index (χ2v) is 11.0. The zero-order valence-corrected chi connectivity index (χ0v) is 24.2. The Bertz CT molecular complexity index is 1620. The molecule has 2 unspecified atom stereocenters. The number of carbonyl (C=O) groups excluding carboxylic acids is 2. The van der Waals surface area contributed by atoms with Gasteiger partial charge < -0.3 is 24.8 Å². The molecular weight excluding hydrogens is 578 g/mol. The number of aromatic hydroxyl groups is 1. The highest BCUT2D eigenvalue weighted by Crippen LogP contribution is 2.36. The number of nitriles is 1. The third-order valence-corrected chi connectivity index (χ3v) is 7.88. The molecule has 10 nitrogen and oxygen atoms in total. The molecule has 1 fully saturated rings. The van der Waals surface area contributed by atoms with Crippen LogP contribution in [0.3, 0.4) is 0 Å². The van der Waals surface area contributed by atoms with E-state index in [0.717, 1.165) is 18.2 Å². The number of carbonyl (C=O) groups is 2. The third-order valence-electron chi connectivity index (χ3n) is 6.94. The summed E-state index contributed by atoms with van der Waals surface area (Å²) in [7, 11) is 0. The summed E-state index contributed by atoms with van der Waals surface area (Å²) in [6, 6.07) is 11.1. The van der Waals surface area contributed by atoms with Gasteiger partial charge in [0.25, 0.3) is 0 Å². The molecule has 3 aromatic rings. The van der Waals surface area contributed by atoms with Gasteiger partial charge in [0.1, 0.15) is 40.9 Å². The Hall–Kier alpha value is -4.80. The number of nitrogens with one attached hydrogen (secondary N) is 1. The van der Waals surface area contributed by atoms with E-state index < -0.39 is 45.9 Å². The lowest BCUT2D eigenvalue weighted by atomic mass is 10.0. The van der Waals surface area contributed by atoms with Crippen molar-refractivity contribution in [2.24, 2.45) is 4.99 Å². The van der Waals surface area contributed by atoms with Gasteiger partial charge in [-0.2, -0.15) is 5.26 Å². The number of phenolic OH excluding ortho intramolecular Hbond substituents is 1. The van der Waals surface area contributed by atoms with Gasteiger partial charge in [-0.3, -0.25) is 9.59 Å². The molecule has 2 N–H and O–H groups in total. The van der Waals surface area contributed by atoms with Gasteiger partial charge in [-0.05, 0) is 54.0 Å². The maximum Gasteiger partial charge on any atom is 0.246 e. The summed E-state index contributed by atoms with van der Waals surface area (Å²) >= 11 is -1.46. The van der Waals surface area contributed by atoms with Crippen LogP contribution in [0.25, 0.3) is 11.3 Å². The molecule has 222 valence electrons. The van der Waals surface area contributed by atoms with Crippen LogP contribution in [0.2, 0.25) is 0 Å². The van der Waals surface area contributed by atoms with Crippen LogP contribution in [0.5, 0.6) is 5.75 Å². The van der Waals surface area contributed by atoms with Crippen LogP contribution >= 0.6 is 0 Å². The van der Waals surface area contributed by atoms with E-state index in [1.165, 1.54) is 23.3 Å². The van der Waals surface area contributed by atoms with Gasteiger partial charge in [0.15, 0.2) is 10.7 Å². The second-order valence-electron chi connectivity index (χ2n) is 9.62. The van der Waals surface area contributed by atoms with Crippen molar-refractivity contribution in [1.82, 2.24) is 14.8 Å². The van der Waals surface area contributed by atoms with Crippen LogP contribution in [0.4, 0.5) is 20.3 Å². The Morgan fingerprint density at radius 3 is 2.70 bits per heavy atom. The number of phenols is 1. The first-order valence-electron chi connectivity index (χ1n) is 13.1. The average Bonchev–Trinajstić information content (AvgIpc) is 2.97. The van der Waals surface area contributed by atoms with Crippen LogP contribution in [-0.2, 0) is 20.8 Å². The standard InChI is InChI=1S/C30H28F2N6O4S/c1-4-25(41)38-14-13-37(16-19(38)11-12-33)30(36-27-18(2)7-5-10-24(27)43(3)42)20-15-22(32)28(35-29(20)34-17-39)26-21(31)8-6-9-23(26)40/h4-10,15,17,19,40H,1,11,13-14,16H2,2-3H3,(H,34,35,39)/b36-30+. The molecule has 1 aliphatic rings. The molecule has 1 aliphatic heterocycles. The highest BCUT2D eigenvalue weighted by atomic mass is 32.2. The number of benzene rings is 2. The number of amides is 2. The van der Waals surface area contributed by atoms with Crippen molar-refractivity contribution in [3.05, 3.63) is 77.9 Å². The van der Waals surface area contributed by atoms with E-state index in [1.54, 1.807) is 30.0 Å². The summed E-state index contributed by atoms with van der Waals surface area (Å²) in [6.07, 6.45) is 2.95. The van der Waals surface area contributed by atoms with Crippen LogP contribution in [0.1, 0.15) is 17.5 Å². The highest BCUT2D eigenvalue weighted by Gasteiger charge is 2.33. The lowest BCUT2D eigenvalue weighted by molar-refractivity contribution is -0.130. The number of nitrogens with zero attached hydrogens (tertiary/aromatic N) is 5. The fourth-order valence-electron chi connectivity index (χ4n) is 4.90. The number of aromatic nitrogens is 1. The molecule has 0 spiro atoms. The number of piperazine rings is 1. The Kier molecular flexibility index (Phi) is 9.74. The Morgan fingerprint density at radius 1 is 1.30 bits per heavy atom. The normalized spacial score (nSPS) is 15.9. The molecule has 1 aromatic heterocycles. The molecule has 0 aliphatic carbocycles. The first-order chi connectivity index (χ1) is 20.6. The van der Waals surface area contributed by atoms with Crippen molar-refractivity contribution < 1.29 is 28.0 Å². The van der Waals surface area contributed by atoms with Crippen molar-refractivity contribution in [3.8, 4) is 23.1 Å². The second kappa shape index (κ2) is 13.5. The fraction of sp³-hybridized carbons (Fsp3) is 0.233. The van der Waals surface area contributed by atoms with Crippen molar-refractivity contribution in [2.45, 2.75) is 24.3 Å². The van der Waals surface area contributed by atoms with Gasteiger partial charge >= 0.3 is 0 Å². The first-order valence-corrected chi connectivity index (χ1v) is 14.6. The molecule has 43 heavy (non-hydrogen) atoms. The van der Waals surface area contributed by atoms with E-state index in [2.05, 4.69) is 22.9 Å². The molecule has 2 heterocycles. The molecule has 2 atom stereocenters. The van der Waals surface area contributed by atoms with Crippen LogP contribution < -0.4 is 5.32 Å². The minimum absolute atomic E-state index is 0.000489. The maximum absolute atomic E-state index is 15.8. The maximum atomic E-state index is 15.8. The number of halogens is 2.